The van der Waals surface area contributed by atoms with Crippen LogP contribution in [-0.2, 0) is 17.6 Å². The van der Waals surface area contributed by atoms with Crippen molar-refractivity contribution in [2.45, 2.75) is 44.9 Å². The summed E-state index contributed by atoms with van der Waals surface area (Å²) in [6.45, 7) is 6.82. The molecule has 4 rings (SSSR count). The van der Waals surface area contributed by atoms with Gasteiger partial charge in [0.25, 0.3) is 0 Å². The molecule has 0 N–H and O–H groups in total. The molecule has 2 aromatic carbocycles. The molecule has 4 heteroatoms. The van der Waals surface area contributed by atoms with Crippen LogP contribution in [-0.4, -0.2) is 48.4 Å². The molecule has 164 valence electrons. The number of benzene rings is 2. The van der Waals surface area contributed by atoms with Crippen molar-refractivity contribution >= 4 is 23.6 Å². The maximum atomic E-state index is 11.7. The molecule has 2 aliphatic rings. The van der Waals surface area contributed by atoms with Crippen molar-refractivity contribution in [2.75, 3.05) is 32.7 Å². The van der Waals surface area contributed by atoms with Crippen LogP contribution in [0.2, 0.25) is 5.02 Å². The molecule has 2 aliphatic heterocycles. The first kappa shape index (κ1) is 22.1. The van der Waals surface area contributed by atoms with Crippen LogP contribution in [0.3, 0.4) is 0 Å². The van der Waals surface area contributed by atoms with E-state index in [0.29, 0.717) is 5.92 Å². The normalized spacial score (nSPS) is 18.2. The average Bonchev–Trinajstić information content (AvgIpc) is 3.00. The van der Waals surface area contributed by atoms with E-state index < -0.39 is 0 Å². The number of hydrogen-bond acceptors (Lipinski definition) is 2. The molecule has 3 nitrogen and oxygen atoms in total. The number of carbonyl (C=O) groups is 1. The van der Waals surface area contributed by atoms with E-state index in [1.807, 2.05) is 17.0 Å². The van der Waals surface area contributed by atoms with Gasteiger partial charge in [0.15, 0.2) is 0 Å². The predicted molar refractivity (Wildman–Crippen MR) is 130 cm³/mol. The first-order valence-electron chi connectivity index (χ1n) is 11.6. The number of nitrogens with zero attached hydrogens (tertiary/aromatic N) is 2. The second kappa shape index (κ2) is 10.5. The van der Waals surface area contributed by atoms with Gasteiger partial charge in [-0.3, -0.25) is 4.79 Å². The van der Waals surface area contributed by atoms with Crippen molar-refractivity contribution in [3.8, 4) is 0 Å². The Morgan fingerprint density at radius 3 is 2.42 bits per heavy atom. The highest BCUT2D eigenvalue weighted by Crippen LogP contribution is 2.29. The fourth-order valence-corrected chi connectivity index (χ4v) is 4.99. The van der Waals surface area contributed by atoms with Gasteiger partial charge in [0.05, 0.1) is 0 Å². The first-order chi connectivity index (χ1) is 15.1. The molecular weight excluding hydrogens is 404 g/mol. The fourth-order valence-electron chi connectivity index (χ4n) is 4.87. The lowest BCUT2D eigenvalue weighted by molar-refractivity contribution is -0.128. The second-order valence-corrected chi connectivity index (χ2v) is 9.33. The van der Waals surface area contributed by atoms with Gasteiger partial charge in [-0.15, -0.1) is 0 Å². The summed E-state index contributed by atoms with van der Waals surface area (Å²) in [7, 11) is 0. The highest BCUT2D eigenvalue weighted by Gasteiger charge is 2.20. The minimum atomic E-state index is 0.185. The number of halogens is 1. The Hall–Kier alpha value is -2.10. The van der Waals surface area contributed by atoms with E-state index in [4.69, 9.17) is 11.6 Å². The Balaban J connectivity index is 1.23. The SMILES string of the molecule is CC(=O)N1CCc2ccc(C=CCCN3CCC(c4ccc(Cl)cc4)CC3)cc2CC1. The summed E-state index contributed by atoms with van der Waals surface area (Å²) < 4.78 is 0. The molecule has 0 radical (unpaired) electrons. The maximum Gasteiger partial charge on any atom is 0.219 e. The standard InChI is InChI=1S/C27H33ClN2O/c1-21(31)30-18-13-24-6-5-22(20-26(24)14-19-30)4-2-3-15-29-16-11-25(12-17-29)23-7-9-27(28)10-8-23/h2,4-10,20,25H,3,11-19H2,1H3. The van der Waals surface area contributed by atoms with E-state index in [0.717, 1.165) is 43.9 Å². The lowest BCUT2D eigenvalue weighted by Crippen LogP contribution is -2.33. The Morgan fingerprint density at radius 1 is 1.00 bits per heavy atom. The predicted octanol–water partition coefficient (Wildman–Crippen LogP) is 5.57. The zero-order valence-corrected chi connectivity index (χ0v) is 19.3. The van der Waals surface area contributed by atoms with Gasteiger partial charge in [-0.25, -0.2) is 0 Å². The van der Waals surface area contributed by atoms with Crippen molar-refractivity contribution in [3.63, 3.8) is 0 Å². The van der Waals surface area contributed by atoms with Crippen LogP contribution in [0.4, 0.5) is 0 Å². The van der Waals surface area contributed by atoms with Crippen LogP contribution in [0.15, 0.2) is 48.5 Å². The largest absolute Gasteiger partial charge is 0.342 e. The minimum Gasteiger partial charge on any atom is -0.342 e. The van der Waals surface area contributed by atoms with Crippen molar-refractivity contribution in [1.29, 1.82) is 0 Å². The molecule has 31 heavy (non-hydrogen) atoms. The molecule has 1 fully saturated rings. The number of piperidine rings is 1. The number of fused-ring (bicyclic) bond motifs is 1. The van der Waals surface area contributed by atoms with Crippen molar-refractivity contribution in [3.05, 3.63) is 75.8 Å². The summed E-state index contributed by atoms with van der Waals surface area (Å²) >= 11 is 6.02. The fraction of sp³-hybridized carbons (Fsp3) is 0.444. The van der Waals surface area contributed by atoms with Gasteiger partial charge < -0.3 is 9.80 Å². The molecular formula is C27H33ClN2O. The Labute approximate surface area is 191 Å². The van der Waals surface area contributed by atoms with Crippen LogP contribution in [0, 0.1) is 0 Å². The summed E-state index contributed by atoms with van der Waals surface area (Å²) in [6, 6.07) is 15.2. The van der Waals surface area contributed by atoms with E-state index in [9.17, 15) is 4.79 Å². The lowest BCUT2D eigenvalue weighted by Gasteiger charge is -2.32. The summed E-state index contributed by atoms with van der Waals surface area (Å²) in [4.78, 5) is 16.2. The van der Waals surface area contributed by atoms with Gasteiger partial charge in [0.2, 0.25) is 5.91 Å². The zero-order chi connectivity index (χ0) is 21.6. The first-order valence-corrected chi connectivity index (χ1v) is 12.0. The van der Waals surface area contributed by atoms with E-state index in [2.05, 4.69) is 47.4 Å². The number of likely N-dealkylation sites (tertiary alicyclic amines) is 1. The lowest BCUT2D eigenvalue weighted by atomic mass is 9.89. The highest BCUT2D eigenvalue weighted by atomic mass is 35.5. The average molecular weight is 437 g/mol. The topological polar surface area (TPSA) is 23.6 Å². The van der Waals surface area contributed by atoms with Crippen LogP contribution >= 0.6 is 11.6 Å². The van der Waals surface area contributed by atoms with Gasteiger partial charge in [-0.05, 0) is 85.5 Å². The molecule has 0 aromatic heterocycles. The molecule has 2 aromatic rings. The highest BCUT2D eigenvalue weighted by molar-refractivity contribution is 6.30. The van der Waals surface area contributed by atoms with E-state index in [-0.39, 0.29) is 5.91 Å². The number of amides is 1. The Kier molecular flexibility index (Phi) is 7.47. The molecule has 1 saturated heterocycles. The summed E-state index contributed by atoms with van der Waals surface area (Å²) in [6.07, 6.45) is 10.0. The molecule has 0 spiro atoms. The quantitative estimate of drug-likeness (QED) is 0.611. The van der Waals surface area contributed by atoms with Gasteiger partial charge in [-0.2, -0.15) is 0 Å². The molecule has 0 atom stereocenters. The molecule has 0 saturated carbocycles. The van der Waals surface area contributed by atoms with Gasteiger partial charge in [0, 0.05) is 31.6 Å². The molecule has 1 amide bonds. The molecule has 0 unspecified atom stereocenters. The number of rotatable bonds is 5. The van der Waals surface area contributed by atoms with Crippen molar-refractivity contribution in [2.24, 2.45) is 0 Å². The molecule has 0 bridgehead atoms. The Bertz CT molecular complexity index is 913. The third-order valence-electron chi connectivity index (χ3n) is 6.83. The number of hydrogen-bond donors (Lipinski definition) is 0. The monoisotopic (exact) mass is 436 g/mol. The third kappa shape index (κ3) is 5.99. The maximum absolute atomic E-state index is 11.7. The van der Waals surface area contributed by atoms with Gasteiger partial charge in [0.1, 0.15) is 0 Å². The van der Waals surface area contributed by atoms with Gasteiger partial charge >= 0.3 is 0 Å². The van der Waals surface area contributed by atoms with Gasteiger partial charge in [-0.1, -0.05) is 54.1 Å². The van der Waals surface area contributed by atoms with E-state index >= 15 is 0 Å². The smallest absolute Gasteiger partial charge is 0.219 e. The van der Waals surface area contributed by atoms with Crippen molar-refractivity contribution in [1.82, 2.24) is 9.80 Å². The van der Waals surface area contributed by atoms with Crippen LogP contribution < -0.4 is 0 Å². The van der Waals surface area contributed by atoms with E-state index in [1.165, 1.54) is 48.2 Å². The van der Waals surface area contributed by atoms with Crippen LogP contribution in [0.25, 0.3) is 6.08 Å². The van der Waals surface area contributed by atoms with E-state index in [1.54, 1.807) is 6.92 Å². The summed E-state index contributed by atoms with van der Waals surface area (Å²) in [5.74, 6) is 0.854. The third-order valence-corrected chi connectivity index (χ3v) is 7.08. The van der Waals surface area contributed by atoms with Crippen LogP contribution in [0.1, 0.15) is 54.4 Å². The van der Waals surface area contributed by atoms with Crippen LogP contribution in [0.5, 0.6) is 0 Å². The summed E-state index contributed by atoms with van der Waals surface area (Å²) in [5, 5.41) is 0.820. The Morgan fingerprint density at radius 2 is 1.71 bits per heavy atom. The number of carbonyl (C=O) groups excluding carboxylic acids is 1. The molecule has 2 heterocycles. The molecule has 0 aliphatic carbocycles. The minimum absolute atomic E-state index is 0.185. The zero-order valence-electron chi connectivity index (χ0n) is 18.5. The summed E-state index contributed by atoms with van der Waals surface area (Å²) in [5.41, 5.74) is 5.50. The second-order valence-electron chi connectivity index (χ2n) is 8.89. The van der Waals surface area contributed by atoms with Crippen molar-refractivity contribution < 1.29 is 4.79 Å².